The summed E-state index contributed by atoms with van der Waals surface area (Å²) >= 11 is 6.02. The van der Waals surface area contributed by atoms with Gasteiger partial charge in [0.05, 0.1) is 6.54 Å². The number of benzene rings is 1. The van der Waals surface area contributed by atoms with E-state index in [9.17, 15) is 9.59 Å². The second kappa shape index (κ2) is 4.76. The summed E-state index contributed by atoms with van der Waals surface area (Å²) in [5, 5.41) is 14.5. The van der Waals surface area contributed by atoms with Crippen molar-refractivity contribution in [3.05, 3.63) is 40.2 Å². The third-order valence-corrected chi connectivity index (χ3v) is 4.71. The van der Waals surface area contributed by atoms with Crippen molar-refractivity contribution < 1.29 is 9.59 Å². The van der Waals surface area contributed by atoms with Gasteiger partial charge in [0, 0.05) is 12.1 Å². The minimum absolute atomic E-state index is 0.0405. The first-order valence-electron chi connectivity index (χ1n) is 7.15. The molecule has 0 saturated carbocycles. The fourth-order valence-corrected chi connectivity index (χ4v) is 3.48. The number of imide groups is 1. The zero-order valence-corrected chi connectivity index (χ0v) is 13.0. The van der Waals surface area contributed by atoms with Gasteiger partial charge in [0.1, 0.15) is 5.54 Å². The summed E-state index contributed by atoms with van der Waals surface area (Å²) in [4.78, 5) is 26.5. The molecule has 1 aliphatic heterocycles. The van der Waals surface area contributed by atoms with E-state index in [0.717, 1.165) is 16.0 Å². The maximum Gasteiger partial charge on any atom is 0.325 e. The fraction of sp³-hybridized carbons (Fsp3) is 0.357. The highest BCUT2D eigenvalue weighted by Crippen LogP contribution is 2.42. The predicted molar refractivity (Wildman–Crippen MR) is 79.3 cm³/mol. The summed E-state index contributed by atoms with van der Waals surface area (Å²) < 4.78 is 1.44. The van der Waals surface area contributed by atoms with Crippen LogP contribution < -0.4 is 5.32 Å². The molecule has 1 N–H and O–H groups in total. The van der Waals surface area contributed by atoms with Gasteiger partial charge in [-0.25, -0.2) is 9.48 Å². The first kappa shape index (κ1) is 14.1. The van der Waals surface area contributed by atoms with Crippen molar-refractivity contribution in [2.75, 3.05) is 0 Å². The van der Waals surface area contributed by atoms with E-state index in [1.807, 2.05) is 12.1 Å². The Labute approximate surface area is 136 Å². The number of nitrogens with zero attached hydrogens (tertiary/aromatic N) is 5. The molecule has 1 aromatic carbocycles. The maximum absolute atomic E-state index is 13.0. The molecule has 2 aromatic rings. The normalized spacial score (nSPS) is 22.8. The average Bonchev–Trinajstić information content (AvgIpc) is 3.14. The number of carbonyl (C=O) groups is 2. The van der Waals surface area contributed by atoms with Crippen LogP contribution >= 0.6 is 11.6 Å². The zero-order chi connectivity index (χ0) is 16.2. The number of aryl methyl sites for hydroxylation is 2. The highest BCUT2D eigenvalue weighted by molar-refractivity contribution is 6.30. The fourth-order valence-electron chi connectivity index (χ4n) is 3.29. The van der Waals surface area contributed by atoms with E-state index in [-0.39, 0.29) is 12.5 Å². The second-order valence-electron chi connectivity index (χ2n) is 5.75. The van der Waals surface area contributed by atoms with Crippen LogP contribution in [0.4, 0.5) is 4.79 Å². The Balaban J connectivity index is 1.70. The lowest BCUT2D eigenvalue weighted by atomic mass is 9.92. The summed E-state index contributed by atoms with van der Waals surface area (Å²) in [6, 6.07) is 4.97. The highest BCUT2D eigenvalue weighted by Gasteiger charge is 2.55. The molecule has 1 spiro atoms. The van der Waals surface area contributed by atoms with Gasteiger partial charge >= 0.3 is 6.03 Å². The molecule has 8 nitrogen and oxygen atoms in total. The lowest BCUT2D eigenvalue weighted by molar-refractivity contribution is -0.132. The van der Waals surface area contributed by atoms with E-state index in [1.165, 1.54) is 4.68 Å². The number of hydrogen-bond acceptors (Lipinski definition) is 5. The van der Waals surface area contributed by atoms with Crippen molar-refractivity contribution in [3.63, 3.8) is 0 Å². The molecular formula is C14H13ClN6O2. The number of fused-ring (bicyclic) bond motifs is 2. The van der Waals surface area contributed by atoms with Gasteiger partial charge in [-0.2, -0.15) is 0 Å². The molecule has 1 aliphatic carbocycles. The summed E-state index contributed by atoms with van der Waals surface area (Å²) in [7, 11) is 1.66. The summed E-state index contributed by atoms with van der Waals surface area (Å²) in [5.41, 5.74) is 0.815. The van der Waals surface area contributed by atoms with Gasteiger partial charge in [0.25, 0.3) is 5.91 Å². The second-order valence-corrected chi connectivity index (χ2v) is 6.18. The number of amides is 3. The molecule has 23 heavy (non-hydrogen) atoms. The standard InChI is InChI=1S/C14H13ClN6O2/c1-20-11(17-18-19-20)7-21-12(22)14(16-13(21)23)5-4-8-6-9(15)2-3-10(8)14/h2-3,6H,4-5,7H2,1H3,(H,16,23). The van der Waals surface area contributed by atoms with Crippen molar-refractivity contribution in [2.24, 2.45) is 7.05 Å². The number of aromatic nitrogens is 4. The first-order valence-corrected chi connectivity index (χ1v) is 7.53. The van der Waals surface area contributed by atoms with E-state index in [0.29, 0.717) is 23.7 Å². The van der Waals surface area contributed by atoms with Crippen LogP contribution in [0.25, 0.3) is 0 Å². The predicted octanol–water partition coefficient (Wildman–Crippen LogP) is 0.757. The van der Waals surface area contributed by atoms with Gasteiger partial charge in [-0.15, -0.1) is 5.10 Å². The van der Waals surface area contributed by atoms with Crippen molar-refractivity contribution in [1.82, 2.24) is 30.4 Å². The van der Waals surface area contributed by atoms with Crippen LogP contribution in [0.15, 0.2) is 18.2 Å². The molecule has 9 heteroatoms. The number of tetrazole rings is 1. The molecular weight excluding hydrogens is 320 g/mol. The van der Waals surface area contributed by atoms with Gasteiger partial charge in [-0.3, -0.25) is 9.69 Å². The SMILES string of the molecule is Cn1nnnc1CN1C(=O)NC2(CCc3cc(Cl)ccc32)C1=O. The Morgan fingerprint density at radius 3 is 2.96 bits per heavy atom. The van der Waals surface area contributed by atoms with Crippen molar-refractivity contribution in [1.29, 1.82) is 0 Å². The van der Waals surface area contributed by atoms with E-state index >= 15 is 0 Å². The van der Waals surface area contributed by atoms with Gasteiger partial charge in [0.15, 0.2) is 5.82 Å². The minimum atomic E-state index is -0.997. The first-order chi connectivity index (χ1) is 11.0. The van der Waals surface area contributed by atoms with Gasteiger partial charge in [-0.1, -0.05) is 17.7 Å². The smallest absolute Gasteiger partial charge is 0.319 e. The summed E-state index contributed by atoms with van der Waals surface area (Å²) in [5.74, 6) is 0.173. The molecule has 3 amide bonds. The monoisotopic (exact) mass is 332 g/mol. The average molecular weight is 333 g/mol. The van der Waals surface area contributed by atoms with E-state index in [4.69, 9.17) is 11.6 Å². The van der Waals surface area contributed by atoms with Crippen molar-refractivity contribution in [3.8, 4) is 0 Å². The van der Waals surface area contributed by atoms with Crippen LogP contribution in [0.2, 0.25) is 5.02 Å². The Morgan fingerprint density at radius 1 is 1.39 bits per heavy atom. The quantitative estimate of drug-likeness (QED) is 0.819. The van der Waals surface area contributed by atoms with E-state index in [1.54, 1.807) is 13.1 Å². The third-order valence-electron chi connectivity index (χ3n) is 4.48. The van der Waals surface area contributed by atoms with E-state index < -0.39 is 11.6 Å². The molecule has 1 atom stereocenters. The third kappa shape index (κ3) is 1.94. The molecule has 2 heterocycles. The number of halogens is 1. The van der Waals surface area contributed by atoms with Crippen LogP contribution in [0.1, 0.15) is 23.4 Å². The van der Waals surface area contributed by atoms with Crippen LogP contribution in [0.5, 0.6) is 0 Å². The number of nitrogens with one attached hydrogen (secondary N) is 1. The Hall–Kier alpha value is -2.48. The van der Waals surface area contributed by atoms with Crippen LogP contribution in [0.3, 0.4) is 0 Å². The van der Waals surface area contributed by atoms with Gasteiger partial charge in [0.2, 0.25) is 0 Å². The van der Waals surface area contributed by atoms with Crippen LogP contribution in [0, 0.1) is 0 Å². The Kier molecular flexibility index (Phi) is 2.92. The molecule has 0 radical (unpaired) electrons. The Morgan fingerprint density at radius 2 is 2.22 bits per heavy atom. The van der Waals surface area contributed by atoms with Crippen molar-refractivity contribution in [2.45, 2.75) is 24.9 Å². The van der Waals surface area contributed by atoms with Gasteiger partial charge in [-0.05, 0) is 46.5 Å². The molecule has 118 valence electrons. The van der Waals surface area contributed by atoms with Crippen LogP contribution in [-0.2, 0) is 30.3 Å². The molecule has 0 bridgehead atoms. The highest BCUT2D eigenvalue weighted by atomic mass is 35.5. The molecule has 1 fully saturated rings. The van der Waals surface area contributed by atoms with Crippen LogP contribution in [-0.4, -0.2) is 37.0 Å². The Bertz CT molecular complexity index is 834. The summed E-state index contributed by atoms with van der Waals surface area (Å²) in [6.07, 6.45) is 1.22. The molecule has 2 aliphatic rings. The topological polar surface area (TPSA) is 93.0 Å². The molecule has 1 saturated heterocycles. The lowest BCUT2D eigenvalue weighted by Crippen LogP contribution is -2.41. The minimum Gasteiger partial charge on any atom is -0.319 e. The summed E-state index contributed by atoms with van der Waals surface area (Å²) in [6.45, 7) is 0.0405. The zero-order valence-electron chi connectivity index (χ0n) is 12.3. The maximum atomic E-state index is 13.0. The van der Waals surface area contributed by atoms with Gasteiger partial charge < -0.3 is 5.32 Å². The molecule has 1 unspecified atom stereocenters. The van der Waals surface area contributed by atoms with E-state index in [2.05, 4.69) is 20.8 Å². The largest absolute Gasteiger partial charge is 0.325 e. The van der Waals surface area contributed by atoms with Crippen molar-refractivity contribution >= 4 is 23.5 Å². The molecule has 1 aromatic heterocycles. The molecule has 4 rings (SSSR count). The number of rotatable bonds is 2. The number of carbonyl (C=O) groups excluding carboxylic acids is 2. The number of hydrogen-bond donors (Lipinski definition) is 1. The lowest BCUT2D eigenvalue weighted by Gasteiger charge is -2.22. The number of urea groups is 1.